The summed E-state index contributed by atoms with van der Waals surface area (Å²) in [5.41, 5.74) is 5.12. The Bertz CT molecular complexity index is 282. The highest BCUT2D eigenvalue weighted by atomic mass is 31.2. The van der Waals surface area contributed by atoms with Crippen LogP contribution in [-0.4, -0.2) is 45.9 Å². The van der Waals surface area contributed by atoms with Gasteiger partial charge in [-0.2, -0.15) is 0 Å². The zero-order valence-electron chi connectivity index (χ0n) is 9.70. The molecule has 2 atom stereocenters. The topological polar surface area (TPSA) is 147 Å². The summed E-state index contributed by atoms with van der Waals surface area (Å²) in [6, 6.07) is 0. The molecule has 0 rings (SSSR count). The van der Waals surface area contributed by atoms with Gasteiger partial charge in [-0.25, -0.2) is 9.59 Å². The number of hydrogen-bond acceptors (Lipinski definition) is 5. The van der Waals surface area contributed by atoms with Gasteiger partial charge in [0, 0.05) is 6.54 Å². The molecular formula is C8H18NO7P. The third-order valence-electron chi connectivity index (χ3n) is 1.51. The summed E-state index contributed by atoms with van der Waals surface area (Å²) in [7, 11) is -3.39. The lowest BCUT2D eigenvalue weighted by Gasteiger charge is -2.15. The summed E-state index contributed by atoms with van der Waals surface area (Å²) in [5.74, 6) is -3.65. The van der Waals surface area contributed by atoms with Crippen molar-refractivity contribution in [2.24, 2.45) is 5.73 Å². The Kier molecular flexibility index (Phi) is 9.88. The van der Waals surface area contributed by atoms with Crippen molar-refractivity contribution in [1.82, 2.24) is 0 Å². The lowest BCUT2D eigenvalue weighted by molar-refractivity contribution is -0.159. The summed E-state index contributed by atoms with van der Waals surface area (Å²) in [6.07, 6.45) is 0.601. The first-order valence-electron chi connectivity index (χ1n) is 4.82. The monoisotopic (exact) mass is 271 g/mol. The van der Waals surface area contributed by atoms with Gasteiger partial charge in [-0.15, -0.1) is 0 Å². The maximum atomic E-state index is 11.0. The van der Waals surface area contributed by atoms with Crippen LogP contribution in [0.5, 0.6) is 0 Å². The Morgan fingerprint density at radius 3 is 2.00 bits per heavy atom. The van der Waals surface area contributed by atoms with Crippen molar-refractivity contribution < 1.29 is 33.8 Å². The molecule has 0 bridgehead atoms. The number of carboxylic acids is 2. The molecule has 0 aromatic carbocycles. The van der Waals surface area contributed by atoms with Crippen molar-refractivity contribution in [1.29, 1.82) is 0 Å². The smallest absolute Gasteiger partial charge is 0.414 e. The molecule has 0 radical (unpaired) electrons. The summed E-state index contributed by atoms with van der Waals surface area (Å²) >= 11 is 0. The average molecular weight is 271 g/mol. The number of carbonyl (C=O) groups is 2. The maximum Gasteiger partial charge on any atom is 0.414 e. The molecule has 0 saturated carbocycles. The molecule has 8 nitrogen and oxygen atoms in total. The van der Waals surface area contributed by atoms with E-state index in [9.17, 15) is 4.57 Å². The lowest BCUT2D eigenvalue weighted by atomic mass is 10.3. The van der Waals surface area contributed by atoms with Crippen molar-refractivity contribution in [3.8, 4) is 0 Å². The lowest BCUT2D eigenvalue weighted by Crippen LogP contribution is -2.11. The third-order valence-corrected chi connectivity index (χ3v) is 3.03. The minimum atomic E-state index is -3.39. The van der Waals surface area contributed by atoms with Gasteiger partial charge in [0.15, 0.2) is 0 Å². The van der Waals surface area contributed by atoms with Crippen LogP contribution in [0.1, 0.15) is 20.3 Å². The number of carboxylic acid groups (broad SMARTS) is 2. The van der Waals surface area contributed by atoms with Crippen molar-refractivity contribution >= 4 is 19.5 Å². The second-order valence-electron chi connectivity index (χ2n) is 3.08. The normalized spacial score (nSPS) is 15.1. The molecule has 9 heteroatoms. The zero-order valence-corrected chi connectivity index (χ0v) is 10.6. The van der Waals surface area contributed by atoms with Gasteiger partial charge >= 0.3 is 19.5 Å². The highest BCUT2D eigenvalue weighted by Crippen LogP contribution is 2.42. The van der Waals surface area contributed by atoms with Gasteiger partial charge in [0.1, 0.15) is 0 Å². The Hall–Kier alpha value is -0.950. The molecule has 2 unspecified atom stereocenters. The third kappa shape index (κ3) is 13.0. The molecule has 0 aliphatic carbocycles. The average Bonchev–Trinajstić information content (AvgIpc) is 2.17. The first kappa shape index (κ1) is 18.4. The molecule has 102 valence electrons. The summed E-state index contributed by atoms with van der Waals surface area (Å²) in [4.78, 5) is 27.3. The van der Waals surface area contributed by atoms with E-state index >= 15 is 0 Å². The molecule has 17 heavy (non-hydrogen) atoms. The summed E-state index contributed by atoms with van der Waals surface area (Å²) in [6.45, 7) is 3.84. The fraction of sp³-hybridized carbons (Fsp3) is 0.750. The molecule has 0 saturated heterocycles. The van der Waals surface area contributed by atoms with Crippen LogP contribution in [-0.2, 0) is 18.7 Å². The summed E-state index contributed by atoms with van der Waals surface area (Å²) < 4.78 is 15.9. The number of aliphatic carboxylic acids is 2. The van der Waals surface area contributed by atoms with E-state index in [0.29, 0.717) is 0 Å². The molecule has 5 N–H and O–H groups in total. The van der Waals surface area contributed by atoms with Crippen LogP contribution in [0.4, 0.5) is 0 Å². The van der Waals surface area contributed by atoms with Crippen molar-refractivity contribution in [3.63, 3.8) is 0 Å². The number of rotatable bonds is 5. The molecule has 0 aliphatic rings. The second kappa shape index (κ2) is 9.12. The Balaban J connectivity index is 0. The van der Waals surface area contributed by atoms with Gasteiger partial charge in [-0.1, -0.05) is 6.92 Å². The van der Waals surface area contributed by atoms with Crippen LogP contribution in [0, 0.1) is 0 Å². The number of nitrogens with two attached hydrogens (primary N) is 1. The quantitative estimate of drug-likeness (QED) is 0.406. The van der Waals surface area contributed by atoms with Crippen molar-refractivity contribution in [2.75, 3.05) is 12.7 Å². The summed E-state index contributed by atoms with van der Waals surface area (Å²) in [5, 5.41) is 14.8. The van der Waals surface area contributed by atoms with Crippen LogP contribution in [0.15, 0.2) is 0 Å². The molecule has 0 aromatic heterocycles. The van der Waals surface area contributed by atoms with E-state index in [1.165, 1.54) is 0 Å². The molecule has 0 aliphatic heterocycles. The van der Waals surface area contributed by atoms with Gasteiger partial charge < -0.3 is 25.4 Å². The van der Waals surface area contributed by atoms with Crippen LogP contribution in [0.3, 0.4) is 0 Å². The molecular weight excluding hydrogens is 253 g/mol. The molecule has 0 heterocycles. The van der Waals surface area contributed by atoms with E-state index in [4.69, 9.17) is 35.0 Å². The predicted molar refractivity (Wildman–Crippen MR) is 59.9 cm³/mol. The van der Waals surface area contributed by atoms with Gasteiger partial charge in [0.25, 0.3) is 0 Å². The van der Waals surface area contributed by atoms with E-state index < -0.39 is 19.5 Å². The van der Waals surface area contributed by atoms with E-state index in [0.717, 1.165) is 6.42 Å². The minimum absolute atomic E-state index is 0.0390. The van der Waals surface area contributed by atoms with Gasteiger partial charge in [0.05, 0.1) is 12.3 Å². The van der Waals surface area contributed by atoms with E-state index in [2.05, 4.69) is 0 Å². The van der Waals surface area contributed by atoms with Gasteiger partial charge in [-0.05, 0) is 13.3 Å². The Labute approximate surface area is 98.9 Å². The SMILES string of the molecule is CCC(C)OP(=O)(O)CCN.O=C(O)C(=O)O. The van der Waals surface area contributed by atoms with Crippen LogP contribution in [0.2, 0.25) is 0 Å². The van der Waals surface area contributed by atoms with Crippen LogP contribution in [0.25, 0.3) is 0 Å². The van der Waals surface area contributed by atoms with Crippen LogP contribution < -0.4 is 5.73 Å². The molecule has 0 spiro atoms. The highest BCUT2D eigenvalue weighted by Gasteiger charge is 2.20. The zero-order chi connectivity index (χ0) is 14.1. The van der Waals surface area contributed by atoms with Gasteiger partial charge in [-0.3, -0.25) is 4.57 Å². The molecule has 0 aromatic rings. The second-order valence-corrected chi connectivity index (χ2v) is 5.02. The highest BCUT2D eigenvalue weighted by molar-refractivity contribution is 7.52. The molecule has 0 amide bonds. The molecule has 0 fully saturated rings. The standard InChI is InChI=1S/C6H16NO3P.C2H2O4/c1-3-6(2)10-11(8,9)5-4-7;3-1(4)2(5)6/h6H,3-5,7H2,1-2H3,(H,8,9);(H,3,4)(H,5,6). The van der Waals surface area contributed by atoms with Crippen molar-refractivity contribution in [3.05, 3.63) is 0 Å². The minimum Gasteiger partial charge on any atom is -0.473 e. The Morgan fingerprint density at radius 2 is 1.76 bits per heavy atom. The first-order valence-corrected chi connectivity index (χ1v) is 6.59. The largest absolute Gasteiger partial charge is 0.473 e. The van der Waals surface area contributed by atoms with E-state index in [-0.39, 0.29) is 18.8 Å². The number of hydrogen-bond donors (Lipinski definition) is 4. The van der Waals surface area contributed by atoms with E-state index in [1.54, 1.807) is 6.92 Å². The fourth-order valence-electron chi connectivity index (χ4n) is 0.572. The van der Waals surface area contributed by atoms with Crippen LogP contribution >= 0.6 is 7.60 Å². The fourth-order valence-corrected chi connectivity index (χ4v) is 1.71. The Morgan fingerprint density at radius 1 is 1.35 bits per heavy atom. The van der Waals surface area contributed by atoms with Gasteiger partial charge in [0.2, 0.25) is 0 Å². The first-order chi connectivity index (χ1) is 7.66. The van der Waals surface area contributed by atoms with Crippen molar-refractivity contribution in [2.45, 2.75) is 26.4 Å². The van der Waals surface area contributed by atoms with E-state index in [1.807, 2.05) is 6.92 Å². The predicted octanol–water partition coefficient (Wildman–Crippen LogP) is 0.101. The maximum absolute atomic E-state index is 11.0.